The van der Waals surface area contributed by atoms with Crippen LogP contribution in [-0.4, -0.2) is 21.9 Å². The third kappa shape index (κ3) is 5.31. The monoisotopic (exact) mass is 432 g/mol. The summed E-state index contributed by atoms with van der Waals surface area (Å²) in [5.74, 6) is 1.08. The summed E-state index contributed by atoms with van der Waals surface area (Å²) >= 11 is 0. The largest absolute Gasteiger partial charge is 0.496 e. The molecule has 164 valence electrons. The van der Waals surface area contributed by atoms with Crippen LogP contribution in [0, 0.1) is 5.82 Å². The molecule has 0 aliphatic rings. The minimum atomic E-state index is -0.410. The Morgan fingerprint density at radius 1 is 1.06 bits per heavy atom. The molecule has 32 heavy (non-hydrogen) atoms. The van der Waals surface area contributed by atoms with E-state index in [1.165, 1.54) is 6.07 Å². The van der Waals surface area contributed by atoms with E-state index >= 15 is 0 Å². The van der Waals surface area contributed by atoms with Crippen LogP contribution in [0.1, 0.15) is 29.7 Å². The molecule has 1 unspecified atom stereocenters. The van der Waals surface area contributed by atoms with Crippen LogP contribution in [0.3, 0.4) is 0 Å². The lowest BCUT2D eigenvalue weighted by Gasteiger charge is -2.17. The maximum Gasteiger partial charge on any atom is 0.166 e. The average molecular weight is 432 g/mol. The van der Waals surface area contributed by atoms with Crippen molar-refractivity contribution in [2.45, 2.75) is 26.1 Å². The van der Waals surface area contributed by atoms with E-state index in [2.05, 4.69) is 28.4 Å². The number of benzene rings is 2. The highest BCUT2D eigenvalue weighted by atomic mass is 19.1. The molecule has 2 aromatic carbocycles. The molecule has 2 heterocycles. The Balaban J connectivity index is 1.41. The first kappa shape index (κ1) is 21.5. The number of nitrogens with one attached hydrogen (secondary N) is 1. The van der Waals surface area contributed by atoms with Gasteiger partial charge in [-0.15, -0.1) is 0 Å². The van der Waals surface area contributed by atoms with E-state index in [1.54, 1.807) is 43.9 Å². The van der Waals surface area contributed by atoms with Gasteiger partial charge in [-0.2, -0.15) is 5.10 Å². The normalized spacial score (nSPS) is 11.8. The molecule has 0 saturated heterocycles. The van der Waals surface area contributed by atoms with Gasteiger partial charge >= 0.3 is 0 Å². The quantitative estimate of drug-likeness (QED) is 0.398. The topological polar surface area (TPSA) is 61.2 Å². The summed E-state index contributed by atoms with van der Waals surface area (Å²) in [5, 5.41) is 7.73. The van der Waals surface area contributed by atoms with Gasteiger partial charge in [0.15, 0.2) is 11.6 Å². The number of halogens is 1. The molecule has 0 saturated carbocycles. The number of pyridine rings is 1. The van der Waals surface area contributed by atoms with Crippen LogP contribution >= 0.6 is 0 Å². The van der Waals surface area contributed by atoms with Gasteiger partial charge in [0.25, 0.3) is 0 Å². The Labute approximate surface area is 186 Å². The van der Waals surface area contributed by atoms with Crippen molar-refractivity contribution in [3.05, 3.63) is 102 Å². The molecule has 2 aromatic heterocycles. The lowest BCUT2D eigenvalue weighted by Crippen LogP contribution is -2.18. The highest BCUT2D eigenvalue weighted by molar-refractivity contribution is 5.39. The summed E-state index contributed by atoms with van der Waals surface area (Å²) in [7, 11) is 1.67. The summed E-state index contributed by atoms with van der Waals surface area (Å²) in [6, 6.07) is 16.5. The molecular weight excluding hydrogens is 407 g/mol. The van der Waals surface area contributed by atoms with E-state index in [-0.39, 0.29) is 11.8 Å². The minimum absolute atomic E-state index is 0.0617. The van der Waals surface area contributed by atoms with Crippen molar-refractivity contribution in [1.29, 1.82) is 0 Å². The molecule has 0 spiro atoms. The maximum absolute atomic E-state index is 14.5. The van der Waals surface area contributed by atoms with Gasteiger partial charge in [-0.1, -0.05) is 12.1 Å². The number of aromatic nitrogens is 3. The van der Waals surface area contributed by atoms with Gasteiger partial charge in [0.1, 0.15) is 11.5 Å². The highest BCUT2D eigenvalue weighted by Gasteiger charge is 2.12. The summed E-state index contributed by atoms with van der Waals surface area (Å²) in [6.45, 7) is 3.22. The molecule has 7 heteroatoms. The van der Waals surface area contributed by atoms with Crippen LogP contribution in [-0.2, 0) is 13.1 Å². The van der Waals surface area contributed by atoms with E-state index in [9.17, 15) is 4.39 Å². The maximum atomic E-state index is 14.5. The van der Waals surface area contributed by atoms with Gasteiger partial charge in [-0.05, 0) is 60.5 Å². The smallest absolute Gasteiger partial charge is 0.166 e. The second-order valence-electron chi connectivity index (χ2n) is 7.43. The Bertz CT molecular complexity index is 1150. The molecule has 0 aliphatic carbocycles. The molecule has 0 bridgehead atoms. The van der Waals surface area contributed by atoms with Gasteiger partial charge in [-0.25, -0.2) is 4.39 Å². The fourth-order valence-corrected chi connectivity index (χ4v) is 3.42. The van der Waals surface area contributed by atoms with E-state index < -0.39 is 5.82 Å². The van der Waals surface area contributed by atoms with Gasteiger partial charge in [0.2, 0.25) is 0 Å². The standard InChI is InChI=1S/C25H25FN4O2/c1-18(20-7-9-24(31-2)21(14-20)17-30-12-4-11-29-30)28-15-19-6-8-25(23(26)13-19)32-22-5-3-10-27-16-22/h3-14,16,18,28H,15,17H2,1-2H3. The fourth-order valence-electron chi connectivity index (χ4n) is 3.42. The number of nitrogens with zero attached hydrogens (tertiary/aromatic N) is 3. The Morgan fingerprint density at radius 2 is 1.94 bits per heavy atom. The minimum Gasteiger partial charge on any atom is -0.496 e. The number of hydrogen-bond acceptors (Lipinski definition) is 5. The van der Waals surface area contributed by atoms with Gasteiger partial charge < -0.3 is 14.8 Å². The first-order chi connectivity index (χ1) is 15.6. The second kappa shape index (κ2) is 10.1. The zero-order valence-electron chi connectivity index (χ0n) is 18.0. The molecule has 6 nitrogen and oxygen atoms in total. The first-order valence-corrected chi connectivity index (χ1v) is 10.4. The lowest BCUT2D eigenvalue weighted by atomic mass is 10.0. The third-order valence-electron chi connectivity index (χ3n) is 5.17. The Kier molecular flexibility index (Phi) is 6.77. The SMILES string of the molecule is COc1ccc(C(C)NCc2ccc(Oc3cccnc3)c(F)c2)cc1Cn1cccn1. The molecule has 0 amide bonds. The van der Waals surface area contributed by atoms with Crippen LogP contribution in [0.15, 0.2) is 79.4 Å². The van der Waals surface area contributed by atoms with Crippen LogP contribution in [0.4, 0.5) is 4.39 Å². The number of hydrogen-bond donors (Lipinski definition) is 1. The van der Waals surface area contributed by atoms with Crippen molar-refractivity contribution in [2.24, 2.45) is 0 Å². The zero-order chi connectivity index (χ0) is 22.3. The third-order valence-corrected chi connectivity index (χ3v) is 5.17. The Morgan fingerprint density at radius 3 is 2.66 bits per heavy atom. The van der Waals surface area contributed by atoms with Gasteiger partial charge in [0.05, 0.1) is 19.9 Å². The molecular formula is C25H25FN4O2. The second-order valence-corrected chi connectivity index (χ2v) is 7.43. The number of methoxy groups -OCH3 is 1. The number of ether oxygens (including phenoxy) is 2. The van der Waals surface area contributed by atoms with E-state index in [0.717, 1.165) is 22.4 Å². The van der Waals surface area contributed by atoms with Crippen LogP contribution in [0.5, 0.6) is 17.2 Å². The molecule has 0 aliphatic heterocycles. The predicted octanol–water partition coefficient (Wildman–Crippen LogP) is 5.12. The van der Waals surface area contributed by atoms with E-state index in [0.29, 0.717) is 18.8 Å². The van der Waals surface area contributed by atoms with E-state index in [1.807, 2.05) is 35.1 Å². The Hall–Kier alpha value is -3.71. The van der Waals surface area contributed by atoms with Crippen LogP contribution < -0.4 is 14.8 Å². The van der Waals surface area contributed by atoms with E-state index in [4.69, 9.17) is 9.47 Å². The van der Waals surface area contributed by atoms with Crippen molar-refractivity contribution in [3.8, 4) is 17.2 Å². The number of rotatable bonds is 9. The predicted molar refractivity (Wildman–Crippen MR) is 120 cm³/mol. The lowest BCUT2D eigenvalue weighted by molar-refractivity contribution is 0.406. The summed E-state index contributed by atoms with van der Waals surface area (Å²) < 4.78 is 27.4. The van der Waals surface area contributed by atoms with Crippen molar-refractivity contribution >= 4 is 0 Å². The van der Waals surface area contributed by atoms with Crippen molar-refractivity contribution in [1.82, 2.24) is 20.1 Å². The summed E-state index contributed by atoms with van der Waals surface area (Å²) in [5.41, 5.74) is 2.99. The molecule has 4 aromatic rings. The molecule has 4 rings (SSSR count). The van der Waals surface area contributed by atoms with Crippen molar-refractivity contribution in [2.75, 3.05) is 7.11 Å². The molecule has 1 atom stereocenters. The molecule has 1 N–H and O–H groups in total. The summed E-state index contributed by atoms with van der Waals surface area (Å²) in [6.07, 6.45) is 6.87. The first-order valence-electron chi connectivity index (χ1n) is 10.4. The zero-order valence-corrected chi connectivity index (χ0v) is 18.0. The average Bonchev–Trinajstić information content (AvgIpc) is 3.33. The van der Waals surface area contributed by atoms with Crippen molar-refractivity contribution < 1.29 is 13.9 Å². The molecule has 0 fully saturated rings. The van der Waals surface area contributed by atoms with Gasteiger partial charge in [-0.3, -0.25) is 9.67 Å². The van der Waals surface area contributed by atoms with Crippen LogP contribution in [0.25, 0.3) is 0 Å². The van der Waals surface area contributed by atoms with Crippen LogP contribution in [0.2, 0.25) is 0 Å². The molecule has 0 radical (unpaired) electrons. The van der Waals surface area contributed by atoms with Gasteiger partial charge in [0, 0.05) is 36.7 Å². The fraction of sp³-hybridized carbons (Fsp3) is 0.200. The summed E-state index contributed by atoms with van der Waals surface area (Å²) in [4.78, 5) is 3.97. The highest BCUT2D eigenvalue weighted by Crippen LogP contribution is 2.26. The van der Waals surface area contributed by atoms with Crippen molar-refractivity contribution in [3.63, 3.8) is 0 Å².